The van der Waals surface area contributed by atoms with Crippen LogP contribution in [0.3, 0.4) is 0 Å². The van der Waals surface area contributed by atoms with Gasteiger partial charge in [-0.05, 0) is 54.3 Å². The van der Waals surface area contributed by atoms with E-state index < -0.39 is 0 Å². The average molecular weight is 204 g/mol. The van der Waals surface area contributed by atoms with Crippen LogP contribution in [0.4, 0.5) is 0 Å². The number of hydrogen-bond donors (Lipinski definition) is 0. The van der Waals surface area contributed by atoms with E-state index in [2.05, 4.69) is 33.8 Å². The Morgan fingerprint density at radius 1 is 1.20 bits per heavy atom. The number of allylic oxidation sites excluding steroid dienone is 2. The van der Waals surface area contributed by atoms with Gasteiger partial charge in [0, 0.05) is 0 Å². The second-order valence-corrected chi connectivity index (χ2v) is 7.46. The van der Waals surface area contributed by atoms with Gasteiger partial charge in [-0.25, -0.2) is 0 Å². The summed E-state index contributed by atoms with van der Waals surface area (Å²) in [7, 11) is 0. The van der Waals surface area contributed by atoms with Crippen LogP contribution in [0.5, 0.6) is 0 Å². The maximum Gasteiger partial charge on any atom is -0.00232 e. The van der Waals surface area contributed by atoms with E-state index in [0.717, 1.165) is 5.92 Å². The highest BCUT2D eigenvalue weighted by Gasteiger charge is 2.63. The van der Waals surface area contributed by atoms with Gasteiger partial charge in [0.15, 0.2) is 0 Å². The summed E-state index contributed by atoms with van der Waals surface area (Å²) in [6.45, 7) is 9.96. The van der Waals surface area contributed by atoms with Gasteiger partial charge in [-0.15, -0.1) is 0 Å². The molecule has 0 aromatic rings. The molecule has 2 saturated carbocycles. The summed E-state index contributed by atoms with van der Waals surface area (Å²) in [4.78, 5) is 0. The summed E-state index contributed by atoms with van der Waals surface area (Å²) < 4.78 is 0. The minimum absolute atomic E-state index is 0.582. The molecular weight excluding hydrogens is 180 g/mol. The molecule has 84 valence electrons. The molecule has 0 heterocycles. The summed E-state index contributed by atoms with van der Waals surface area (Å²) >= 11 is 0. The lowest BCUT2D eigenvalue weighted by Gasteiger charge is -2.37. The largest absolute Gasteiger partial charge is 0.0839 e. The topological polar surface area (TPSA) is 0 Å². The smallest absolute Gasteiger partial charge is 0.00232 e. The monoisotopic (exact) mass is 204 g/mol. The molecule has 3 aliphatic rings. The summed E-state index contributed by atoms with van der Waals surface area (Å²) in [5, 5.41) is 0. The highest BCUT2D eigenvalue weighted by atomic mass is 14.7. The van der Waals surface area contributed by atoms with Crippen LogP contribution in [-0.4, -0.2) is 0 Å². The molecule has 3 rings (SSSR count). The van der Waals surface area contributed by atoms with Crippen molar-refractivity contribution in [2.75, 3.05) is 0 Å². The van der Waals surface area contributed by atoms with Crippen molar-refractivity contribution in [2.45, 2.75) is 59.8 Å². The van der Waals surface area contributed by atoms with Crippen LogP contribution in [0.25, 0.3) is 0 Å². The van der Waals surface area contributed by atoms with E-state index in [1.165, 1.54) is 32.1 Å². The van der Waals surface area contributed by atoms with E-state index in [9.17, 15) is 0 Å². The zero-order chi connectivity index (χ0) is 10.9. The Balaban J connectivity index is 2.08. The Hall–Kier alpha value is -0.260. The minimum Gasteiger partial charge on any atom is -0.0839 e. The zero-order valence-corrected chi connectivity index (χ0v) is 10.7. The molecule has 0 aromatic carbocycles. The first kappa shape index (κ1) is 9.93. The van der Waals surface area contributed by atoms with Gasteiger partial charge in [0.05, 0.1) is 0 Å². The first-order chi connectivity index (χ1) is 6.89. The van der Waals surface area contributed by atoms with Gasteiger partial charge >= 0.3 is 0 Å². The molecule has 0 saturated heterocycles. The van der Waals surface area contributed by atoms with Crippen molar-refractivity contribution >= 4 is 0 Å². The highest BCUT2D eigenvalue weighted by Crippen LogP contribution is 2.73. The van der Waals surface area contributed by atoms with Gasteiger partial charge in [-0.2, -0.15) is 0 Å². The first-order valence-electron chi connectivity index (χ1n) is 6.59. The third-order valence-corrected chi connectivity index (χ3v) is 5.66. The molecule has 15 heavy (non-hydrogen) atoms. The molecule has 3 atom stereocenters. The quantitative estimate of drug-likeness (QED) is 0.507. The zero-order valence-electron chi connectivity index (χ0n) is 10.7. The fourth-order valence-electron chi connectivity index (χ4n) is 5.39. The molecule has 0 radical (unpaired) electrons. The Kier molecular flexibility index (Phi) is 1.67. The maximum atomic E-state index is 2.60. The lowest BCUT2D eigenvalue weighted by atomic mass is 9.66. The van der Waals surface area contributed by atoms with E-state index in [-0.39, 0.29) is 0 Å². The van der Waals surface area contributed by atoms with Crippen molar-refractivity contribution < 1.29 is 0 Å². The van der Waals surface area contributed by atoms with Crippen molar-refractivity contribution in [1.82, 2.24) is 0 Å². The molecule has 0 N–H and O–H groups in total. The molecule has 0 bridgehead atoms. The van der Waals surface area contributed by atoms with E-state index in [0.29, 0.717) is 16.2 Å². The fourth-order valence-corrected chi connectivity index (χ4v) is 5.39. The second-order valence-electron chi connectivity index (χ2n) is 7.46. The average Bonchev–Trinajstić information content (AvgIpc) is 2.57. The summed E-state index contributed by atoms with van der Waals surface area (Å²) in [5.41, 5.74) is 3.65. The van der Waals surface area contributed by atoms with E-state index in [1.54, 1.807) is 0 Å². The Labute approximate surface area is 94.1 Å². The van der Waals surface area contributed by atoms with Crippen molar-refractivity contribution in [2.24, 2.45) is 22.2 Å². The van der Waals surface area contributed by atoms with Crippen molar-refractivity contribution in [3.8, 4) is 0 Å². The lowest BCUT2D eigenvalue weighted by Crippen LogP contribution is -2.29. The van der Waals surface area contributed by atoms with E-state index in [1.807, 2.05) is 5.57 Å². The molecule has 3 aliphatic carbocycles. The second kappa shape index (κ2) is 2.52. The van der Waals surface area contributed by atoms with Crippen LogP contribution in [-0.2, 0) is 0 Å². The van der Waals surface area contributed by atoms with Gasteiger partial charge in [-0.3, -0.25) is 0 Å². The lowest BCUT2D eigenvalue weighted by molar-refractivity contribution is 0.160. The van der Waals surface area contributed by atoms with E-state index >= 15 is 0 Å². The van der Waals surface area contributed by atoms with Gasteiger partial charge < -0.3 is 0 Å². The van der Waals surface area contributed by atoms with Crippen molar-refractivity contribution in [3.05, 3.63) is 11.6 Å². The van der Waals surface area contributed by atoms with Crippen LogP contribution >= 0.6 is 0 Å². The molecular formula is C15H24. The van der Waals surface area contributed by atoms with Gasteiger partial charge in [0.2, 0.25) is 0 Å². The molecule has 0 heteroatoms. The SMILES string of the molecule is C[C@H]1CC[C@]23CC(C)(C)C[C@@]2(C)CC=C13. The molecule has 0 nitrogen and oxygen atoms in total. The van der Waals surface area contributed by atoms with E-state index in [4.69, 9.17) is 0 Å². The fraction of sp³-hybridized carbons (Fsp3) is 0.867. The van der Waals surface area contributed by atoms with Crippen molar-refractivity contribution in [3.63, 3.8) is 0 Å². The van der Waals surface area contributed by atoms with Crippen LogP contribution in [0, 0.1) is 22.2 Å². The third kappa shape index (κ3) is 1.04. The molecule has 0 aliphatic heterocycles. The first-order valence-corrected chi connectivity index (χ1v) is 6.59. The van der Waals surface area contributed by atoms with Gasteiger partial charge in [-0.1, -0.05) is 39.3 Å². The molecule has 1 spiro atoms. The van der Waals surface area contributed by atoms with Gasteiger partial charge in [0.25, 0.3) is 0 Å². The third-order valence-electron chi connectivity index (χ3n) is 5.66. The van der Waals surface area contributed by atoms with Crippen LogP contribution in [0.15, 0.2) is 11.6 Å². The van der Waals surface area contributed by atoms with Crippen molar-refractivity contribution in [1.29, 1.82) is 0 Å². The number of hydrogen-bond acceptors (Lipinski definition) is 0. The Morgan fingerprint density at radius 2 is 1.93 bits per heavy atom. The van der Waals surface area contributed by atoms with Crippen LogP contribution in [0.1, 0.15) is 59.8 Å². The normalized spacial score (nSPS) is 51.5. The molecule has 0 amide bonds. The predicted octanol–water partition coefficient (Wildman–Crippen LogP) is 4.56. The predicted molar refractivity (Wildman–Crippen MR) is 64.7 cm³/mol. The maximum absolute atomic E-state index is 2.60. The molecule has 2 fully saturated rings. The van der Waals surface area contributed by atoms with Gasteiger partial charge in [0.1, 0.15) is 0 Å². The molecule has 0 unspecified atom stereocenters. The standard InChI is InChI=1S/C15H24/c1-11-5-8-15-10-13(2,3)9-14(15,4)7-6-12(11)15/h6,11H,5,7-10H2,1-4H3/t11-,14+,15+/m0/s1. The Morgan fingerprint density at radius 3 is 2.67 bits per heavy atom. The number of rotatable bonds is 0. The highest BCUT2D eigenvalue weighted by molar-refractivity contribution is 5.35. The minimum atomic E-state index is 0.582. The van der Waals surface area contributed by atoms with Crippen LogP contribution in [0.2, 0.25) is 0 Å². The summed E-state index contributed by atoms with van der Waals surface area (Å²) in [5.74, 6) is 0.876. The Bertz CT molecular complexity index is 336. The summed E-state index contributed by atoms with van der Waals surface area (Å²) in [6.07, 6.45) is 9.76. The van der Waals surface area contributed by atoms with Crippen LogP contribution < -0.4 is 0 Å². The molecule has 0 aromatic heterocycles. The summed E-state index contributed by atoms with van der Waals surface area (Å²) in [6, 6.07) is 0.